The molecule has 0 saturated carbocycles. The molecule has 7 heteroatoms. The molecule has 2 aromatic carbocycles. The first-order valence-electron chi connectivity index (χ1n) is 10.7. The van der Waals surface area contributed by atoms with Gasteiger partial charge in [0.05, 0.1) is 10.2 Å². The van der Waals surface area contributed by atoms with E-state index in [1.807, 2.05) is 24.3 Å². The van der Waals surface area contributed by atoms with E-state index in [0.29, 0.717) is 28.9 Å². The fourth-order valence-corrected chi connectivity index (χ4v) is 4.32. The number of fused-ring (bicyclic) bond motifs is 1. The highest BCUT2D eigenvalue weighted by Gasteiger charge is 2.21. The lowest BCUT2D eigenvalue weighted by Crippen LogP contribution is -2.41. The Hall–Kier alpha value is -2.51. The molecular formula is C24H30FN3O2S. The number of nitrogens with zero attached hydrogens (tertiary/aromatic N) is 3. The Morgan fingerprint density at radius 3 is 2.45 bits per heavy atom. The normalized spacial score (nSPS) is 11.5. The van der Waals surface area contributed by atoms with E-state index in [-0.39, 0.29) is 18.3 Å². The summed E-state index contributed by atoms with van der Waals surface area (Å²) in [5.41, 5.74) is 1.91. The lowest BCUT2D eigenvalue weighted by atomic mass is 10.0. The van der Waals surface area contributed by atoms with Crippen LogP contribution in [0.1, 0.15) is 39.2 Å². The van der Waals surface area contributed by atoms with Gasteiger partial charge in [-0.05, 0) is 54.9 Å². The molecule has 166 valence electrons. The number of hydrogen-bond donors (Lipinski definition) is 0. The Bertz CT molecular complexity index is 1000. The second kappa shape index (κ2) is 10.7. The van der Waals surface area contributed by atoms with Gasteiger partial charge in [0.15, 0.2) is 11.7 Å². The smallest absolute Gasteiger partial charge is 0.266 e. The molecule has 1 aromatic heterocycles. The van der Waals surface area contributed by atoms with Gasteiger partial charge in [-0.15, -0.1) is 0 Å². The van der Waals surface area contributed by atoms with Crippen LogP contribution in [0.4, 0.5) is 9.52 Å². The molecule has 0 aliphatic carbocycles. The maximum Gasteiger partial charge on any atom is 0.266 e. The summed E-state index contributed by atoms with van der Waals surface area (Å²) in [6.07, 6.45) is 0. The van der Waals surface area contributed by atoms with Gasteiger partial charge in [0.1, 0.15) is 11.6 Å². The molecule has 0 aliphatic rings. The zero-order valence-corrected chi connectivity index (χ0v) is 19.4. The van der Waals surface area contributed by atoms with Crippen LogP contribution in [0.3, 0.4) is 0 Å². The van der Waals surface area contributed by atoms with Crippen LogP contribution in [-0.4, -0.2) is 48.6 Å². The Balaban J connectivity index is 1.76. The molecule has 31 heavy (non-hydrogen) atoms. The van der Waals surface area contributed by atoms with Crippen LogP contribution >= 0.6 is 11.3 Å². The molecular weight excluding hydrogens is 413 g/mol. The maximum absolute atomic E-state index is 13.6. The number of ether oxygens (including phenoxy) is 1. The summed E-state index contributed by atoms with van der Waals surface area (Å²) in [6, 6.07) is 12.3. The zero-order chi connectivity index (χ0) is 22.4. The summed E-state index contributed by atoms with van der Waals surface area (Å²) in [5, 5.41) is 0.566. The molecule has 0 saturated heterocycles. The van der Waals surface area contributed by atoms with Crippen molar-refractivity contribution in [2.75, 3.05) is 37.7 Å². The standard InChI is InChI=1S/C24H30FN3O2S/c1-5-27(6-2)13-14-28(24-26-21-12-9-19(25)15-22(21)31-24)23(29)16-30-20-10-7-18(8-11-20)17(3)4/h7-12,15,17H,5-6,13-14,16H2,1-4H3. The van der Waals surface area contributed by atoms with Gasteiger partial charge in [0.2, 0.25) is 0 Å². The van der Waals surface area contributed by atoms with Crippen LogP contribution in [-0.2, 0) is 4.79 Å². The summed E-state index contributed by atoms with van der Waals surface area (Å²) in [6.45, 7) is 11.4. The molecule has 3 aromatic rings. The highest BCUT2D eigenvalue weighted by atomic mass is 32.1. The first-order valence-corrected chi connectivity index (χ1v) is 11.5. The third-order valence-electron chi connectivity index (χ3n) is 5.31. The van der Waals surface area contributed by atoms with Crippen molar-refractivity contribution in [3.8, 4) is 5.75 Å². The minimum absolute atomic E-state index is 0.0798. The molecule has 0 radical (unpaired) electrons. The molecule has 0 fully saturated rings. The first-order chi connectivity index (χ1) is 14.9. The van der Waals surface area contributed by atoms with Crippen LogP contribution in [0.25, 0.3) is 10.2 Å². The predicted octanol–water partition coefficient (Wildman–Crippen LogP) is 5.31. The first kappa shape index (κ1) is 23.2. The molecule has 0 aliphatic heterocycles. The van der Waals surface area contributed by atoms with Gasteiger partial charge in [-0.2, -0.15) is 0 Å². The molecule has 1 amide bonds. The van der Waals surface area contributed by atoms with Crippen molar-refractivity contribution in [2.24, 2.45) is 0 Å². The summed E-state index contributed by atoms with van der Waals surface area (Å²) >= 11 is 1.32. The fraction of sp³-hybridized carbons (Fsp3) is 0.417. The lowest BCUT2D eigenvalue weighted by molar-refractivity contribution is -0.120. The van der Waals surface area contributed by atoms with Gasteiger partial charge in [0.25, 0.3) is 5.91 Å². The van der Waals surface area contributed by atoms with Gasteiger partial charge >= 0.3 is 0 Å². The average molecular weight is 444 g/mol. The summed E-state index contributed by atoms with van der Waals surface area (Å²) < 4.78 is 20.1. The zero-order valence-electron chi connectivity index (χ0n) is 18.6. The second-order valence-corrected chi connectivity index (χ2v) is 8.70. The number of thiazole rings is 1. The molecule has 5 nitrogen and oxygen atoms in total. The van der Waals surface area contributed by atoms with Crippen molar-refractivity contribution < 1.29 is 13.9 Å². The Morgan fingerprint density at radius 1 is 1.10 bits per heavy atom. The van der Waals surface area contributed by atoms with Crippen LogP contribution in [0, 0.1) is 5.82 Å². The SMILES string of the molecule is CCN(CC)CCN(C(=O)COc1ccc(C(C)C)cc1)c1nc2ccc(F)cc2s1. The molecule has 0 atom stereocenters. The topological polar surface area (TPSA) is 45.7 Å². The fourth-order valence-electron chi connectivity index (χ4n) is 3.28. The Morgan fingerprint density at radius 2 is 1.81 bits per heavy atom. The van der Waals surface area contributed by atoms with E-state index < -0.39 is 0 Å². The number of anilines is 1. The molecule has 1 heterocycles. The van der Waals surface area contributed by atoms with Crippen LogP contribution in [0.15, 0.2) is 42.5 Å². The van der Waals surface area contributed by atoms with E-state index in [1.165, 1.54) is 29.0 Å². The maximum atomic E-state index is 13.6. The number of aromatic nitrogens is 1. The van der Waals surface area contributed by atoms with Gasteiger partial charge in [-0.3, -0.25) is 9.69 Å². The Kier molecular flexibility index (Phi) is 7.98. The van der Waals surface area contributed by atoms with Crippen molar-refractivity contribution >= 4 is 32.6 Å². The van der Waals surface area contributed by atoms with Gasteiger partial charge < -0.3 is 9.64 Å². The van der Waals surface area contributed by atoms with Crippen LogP contribution < -0.4 is 9.64 Å². The third kappa shape index (κ3) is 6.02. The van der Waals surface area contributed by atoms with Crippen molar-refractivity contribution in [3.05, 3.63) is 53.8 Å². The Labute approximate surface area is 187 Å². The molecule has 0 N–H and O–H groups in total. The predicted molar refractivity (Wildman–Crippen MR) is 126 cm³/mol. The molecule has 0 bridgehead atoms. The monoisotopic (exact) mass is 443 g/mol. The quantitative estimate of drug-likeness (QED) is 0.426. The van der Waals surface area contributed by atoms with E-state index in [0.717, 1.165) is 24.3 Å². The number of benzene rings is 2. The van der Waals surface area contributed by atoms with E-state index in [4.69, 9.17) is 4.74 Å². The van der Waals surface area contributed by atoms with Gasteiger partial charge in [-0.25, -0.2) is 9.37 Å². The highest BCUT2D eigenvalue weighted by molar-refractivity contribution is 7.22. The lowest BCUT2D eigenvalue weighted by Gasteiger charge is -2.24. The summed E-state index contributed by atoms with van der Waals surface area (Å²) in [7, 11) is 0. The number of carbonyl (C=O) groups is 1. The number of carbonyl (C=O) groups excluding carboxylic acids is 1. The average Bonchev–Trinajstić information content (AvgIpc) is 3.18. The minimum atomic E-state index is -0.308. The number of likely N-dealkylation sites (N-methyl/N-ethyl adjacent to an activating group) is 1. The van der Waals surface area contributed by atoms with Gasteiger partial charge in [-0.1, -0.05) is 51.2 Å². The van der Waals surface area contributed by atoms with Crippen molar-refractivity contribution in [1.29, 1.82) is 0 Å². The molecule has 3 rings (SSSR count). The highest BCUT2D eigenvalue weighted by Crippen LogP contribution is 2.29. The number of hydrogen-bond acceptors (Lipinski definition) is 5. The van der Waals surface area contributed by atoms with E-state index >= 15 is 0 Å². The van der Waals surface area contributed by atoms with Crippen LogP contribution in [0.5, 0.6) is 5.75 Å². The number of rotatable bonds is 10. The van der Waals surface area contributed by atoms with Gasteiger partial charge in [0, 0.05) is 13.1 Å². The summed E-state index contributed by atoms with van der Waals surface area (Å²) in [5.74, 6) is 0.624. The molecule has 0 unspecified atom stereocenters. The van der Waals surface area contributed by atoms with Crippen LogP contribution in [0.2, 0.25) is 0 Å². The van der Waals surface area contributed by atoms with E-state index in [2.05, 4.69) is 37.6 Å². The second-order valence-electron chi connectivity index (χ2n) is 7.69. The van der Waals surface area contributed by atoms with E-state index in [9.17, 15) is 9.18 Å². The third-order valence-corrected chi connectivity index (χ3v) is 6.36. The minimum Gasteiger partial charge on any atom is -0.484 e. The van der Waals surface area contributed by atoms with E-state index in [1.54, 1.807) is 11.0 Å². The number of halogens is 1. The molecule has 0 spiro atoms. The summed E-state index contributed by atoms with van der Waals surface area (Å²) in [4.78, 5) is 21.6. The van der Waals surface area contributed by atoms with Crippen molar-refractivity contribution in [3.63, 3.8) is 0 Å². The van der Waals surface area contributed by atoms with Crippen molar-refractivity contribution in [2.45, 2.75) is 33.6 Å². The largest absolute Gasteiger partial charge is 0.484 e. The number of amides is 1. The van der Waals surface area contributed by atoms with Crippen molar-refractivity contribution in [1.82, 2.24) is 9.88 Å².